The number of hydrogen-bond donors (Lipinski definition) is 1. The van der Waals surface area contributed by atoms with Gasteiger partial charge in [0.15, 0.2) is 0 Å². The number of anilines is 1. The molecule has 1 aliphatic rings. The summed E-state index contributed by atoms with van der Waals surface area (Å²) in [4.78, 5) is 17.1. The minimum Gasteiger partial charge on any atom is -0.366 e. The molecule has 0 aliphatic heterocycles. The quantitative estimate of drug-likeness (QED) is 0.759. The Morgan fingerprint density at radius 1 is 0.962 bits per heavy atom. The minimum atomic E-state index is -0.212. The number of nitrogens with one attached hydrogen (secondary N) is 1. The number of para-hydroxylation sites is 1. The maximum absolute atomic E-state index is 12.7. The van der Waals surface area contributed by atoms with Gasteiger partial charge in [0.05, 0.1) is 17.8 Å². The zero-order chi connectivity index (χ0) is 17.8. The van der Waals surface area contributed by atoms with E-state index in [9.17, 15) is 4.79 Å². The van der Waals surface area contributed by atoms with Gasteiger partial charge >= 0.3 is 0 Å². The van der Waals surface area contributed by atoms with Crippen LogP contribution in [-0.4, -0.2) is 10.9 Å². The first-order chi connectivity index (χ1) is 12.8. The van der Waals surface area contributed by atoms with Crippen molar-refractivity contribution in [1.82, 2.24) is 4.98 Å². The van der Waals surface area contributed by atoms with Gasteiger partial charge in [-0.05, 0) is 30.5 Å². The molecular formula is C22H17N2O2. The van der Waals surface area contributed by atoms with Crippen LogP contribution in [0.2, 0.25) is 0 Å². The molecule has 2 aromatic carbocycles. The number of pyridine rings is 1. The molecule has 4 nitrogen and oxygen atoms in total. The predicted octanol–water partition coefficient (Wildman–Crippen LogP) is 4.12. The van der Waals surface area contributed by atoms with Crippen molar-refractivity contribution >= 4 is 22.5 Å². The molecule has 1 heterocycles. The highest BCUT2D eigenvalue weighted by Gasteiger charge is 2.36. The Bertz CT molecular complexity index is 890. The van der Waals surface area contributed by atoms with Crippen LogP contribution in [0, 0.1) is 31.3 Å². The molecular weight excluding hydrogens is 324 g/mol. The fourth-order valence-electron chi connectivity index (χ4n) is 2.85. The van der Waals surface area contributed by atoms with Gasteiger partial charge in [-0.2, -0.15) is 0 Å². The second kappa shape index (κ2) is 7.67. The highest BCUT2D eigenvalue weighted by Crippen LogP contribution is 2.36. The molecule has 0 atom stereocenters. The summed E-state index contributed by atoms with van der Waals surface area (Å²) in [6.45, 7) is 0.418. The Kier molecular flexibility index (Phi) is 4.93. The summed E-state index contributed by atoms with van der Waals surface area (Å²) >= 11 is 0. The van der Waals surface area contributed by atoms with Gasteiger partial charge in [0.25, 0.3) is 0 Å². The Morgan fingerprint density at radius 2 is 1.81 bits per heavy atom. The van der Waals surface area contributed by atoms with E-state index < -0.39 is 0 Å². The Balaban J connectivity index is 1.45. The first-order valence-electron chi connectivity index (χ1n) is 8.39. The molecule has 1 aromatic heterocycles. The molecule has 0 saturated heterocycles. The summed E-state index contributed by atoms with van der Waals surface area (Å²) in [5, 5.41) is 3.92. The van der Waals surface area contributed by atoms with Crippen LogP contribution in [0.4, 0.5) is 5.69 Å². The van der Waals surface area contributed by atoms with Crippen LogP contribution in [0.15, 0.2) is 66.9 Å². The molecule has 26 heavy (non-hydrogen) atoms. The normalized spacial score (nSPS) is 15.4. The Morgan fingerprint density at radius 3 is 2.69 bits per heavy atom. The lowest BCUT2D eigenvalue weighted by Crippen LogP contribution is -2.24. The van der Waals surface area contributed by atoms with Crippen molar-refractivity contribution in [2.45, 2.75) is 6.61 Å². The number of amides is 1. The molecule has 4 rings (SSSR count). The number of ether oxygens (including phenoxy) is 1. The summed E-state index contributed by atoms with van der Waals surface area (Å²) in [6.07, 6.45) is 7.67. The summed E-state index contributed by atoms with van der Waals surface area (Å²) in [5.41, 5.74) is 2.50. The zero-order valence-corrected chi connectivity index (χ0v) is 14.1. The zero-order valence-electron chi connectivity index (χ0n) is 14.1. The fourth-order valence-corrected chi connectivity index (χ4v) is 2.85. The van der Waals surface area contributed by atoms with Crippen LogP contribution in [-0.2, 0) is 16.1 Å². The predicted molar refractivity (Wildman–Crippen MR) is 101 cm³/mol. The van der Waals surface area contributed by atoms with Crippen LogP contribution in [0.3, 0.4) is 0 Å². The van der Waals surface area contributed by atoms with Crippen LogP contribution in [0.5, 0.6) is 0 Å². The van der Waals surface area contributed by atoms with E-state index in [1.807, 2.05) is 67.1 Å². The smallest absolute Gasteiger partial charge is 0.235 e. The van der Waals surface area contributed by atoms with Gasteiger partial charge in [0, 0.05) is 18.0 Å². The summed E-state index contributed by atoms with van der Waals surface area (Å²) < 4.78 is 5.83. The van der Waals surface area contributed by atoms with E-state index >= 15 is 0 Å². The average molecular weight is 341 g/mol. The lowest BCUT2D eigenvalue weighted by atomic mass is 10.0. The standard InChI is InChI=1S/C22H17N2O2/c25-22(24-19-12-4-9-17-10-6-14-23-21(17)19)18-11-5-13-20(18)26-15-16-7-2-1-3-8-16/h1-14H,15H2,(H,24,25). The van der Waals surface area contributed by atoms with Gasteiger partial charge in [-0.15, -0.1) is 0 Å². The summed E-state index contributed by atoms with van der Waals surface area (Å²) in [5.74, 6) is 0.296. The Labute approximate surface area is 153 Å². The Hall–Kier alpha value is -2.72. The topological polar surface area (TPSA) is 51.2 Å². The van der Waals surface area contributed by atoms with E-state index in [0.29, 0.717) is 24.3 Å². The first-order valence-corrected chi connectivity index (χ1v) is 8.39. The van der Waals surface area contributed by atoms with Gasteiger partial charge < -0.3 is 10.1 Å². The monoisotopic (exact) mass is 341 g/mol. The van der Waals surface area contributed by atoms with Gasteiger partial charge in [0.2, 0.25) is 5.91 Å². The van der Waals surface area contributed by atoms with Crippen molar-refractivity contribution in [3.8, 4) is 0 Å². The van der Waals surface area contributed by atoms with Crippen molar-refractivity contribution in [3.63, 3.8) is 0 Å². The first kappa shape index (κ1) is 16.7. The molecule has 5 radical (unpaired) electrons. The van der Waals surface area contributed by atoms with Crippen molar-refractivity contribution in [2.24, 2.45) is 0 Å². The van der Waals surface area contributed by atoms with Crippen molar-refractivity contribution in [1.29, 1.82) is 0 Å². The summed E-state index contributed by atoms with van der Waals surface area (Å²) in [7, 11) is 0. The third-order valence-electron chi connectivity index (χ3n) is 4.14. The van der Waals surface area contributed by atoms with Crippen LogP contribution in [0.25, 0.3) is 10.9 Å². The molecule has 0 unspecified atom stereocenters. The summed E-state index contributed by atoms with van der Waals surface area (Å²) in [6, 6.07) is 19.4. The molecule has 3 aromatic rings. The van der Waals surface area contributed by atoms with E-state index in [2.05, 4.69) is 10.3 Å². The van der Waals surface area contributed by atoms with E-state index in [1.54, 1.807) is 19.0 Å². The van der Waals surface area contributed by atoms with E-state index in [-0.39, 0.29) is 5.91 Å². The molecule has 1 aliphatic carbocycles. The second-order valence-corrected chi connectivity index (χ2v) is 5.91. The molecule has 1 N–H and O–H groups in total. The number of aromatic nitrogens is 1. The van der Waals surface area contributed by atoms with Crippen LogP contribution < -0.4 is 5.32 Å². The largest absolute Gasteiger partial charge is 0.366 e. The van der Waals surface area contributed by atoms with Gasteiger partial charge in [0.1, 0.15) is 12.0 Å². The van der Waals surface area contributed by atoms with Crippen LogP contribution in [0.1, 0.15) is 5.56 Å². The SMILES string of the molecule is O=C(Nc1cccc2cccnc12)[C]1[CH][CH][CH][C]1OCc1ccccc1. The fraction of sp³-hybridized carbons (Fsp3) is 0.0455. The number of rotatable bonds is 5. The molecule has 1 saturated carbocycles. The van der Waals surface area contributed by atoms with Gasteiger partial charge in [-0.1, -0.05) is 48.5 Å². The highest BCUT2D eigenvalue weighted by atomic mass is 16.5. The number of nitrogens with zero attached hydrogens (tertiary/aromatic N) is 1. The molecule has 1 fully saturated rings. The van der Waals surface area contributed by atoms with Crippen molar-refractivity contribution in [2.75, 3.05) is 5.32 Å². The average Bonchev–Trinajstić information content (AvgIpc) is 3.16. The molecule has 0 bridgehead atoms. The molecule has 0 spiro atoms. The van der Waals surface area contributed by atoms with Crippen LogP contribution >= 0.6 is 0 Å². The van der Waals surface area contributed by atoms with Crippen molar-refractivity contribution < 1.29 is 9.53 Å². The molecule has 1 amide bonds. The van der Waals surface area contributed by atoms with Gasteiger partial charge in [-0.25, -0.2) is 0 Å². The van der Waals surface area contributed by atoms with Crippen molar-refractivity contribution in [3.05, 3.63) is 104 Å². The van der Waals surface area contributed by atoms with E-state index in [1.165, 1.54) is 0 Å². The number of hydrogen-bond acceptors (Lipinski definition) is 3. The third kappa shape index (κ3) is 3.60. The number of carbonyl (C=O) groups is 1. The lowest BCUT2D eigenvalue weighted by Gasteiger charge is -2.18. The number of carbonyl (C=O) groups excluding carboxylic acids is 1. The van der Waals surface area contributed by atoms with E-state index in [4.69, 9.17) is 4.74 Å². The molecule has 127 valence electrons. The third-order valence-corrected chi connectivity index (χ3v) is 4.14. The number of fused-ring (bicyclic) bond motifs is 1. The lowest BCUT2D eigenvalue weighted by molar-refractivity contribution is -0.114. The van der Waals surface area contributed by atoms with E-state index in [0.717, 1.165) is 16.5 Å². The maximum atomic E-state index is 12.7. The minimum absolute atomic E-state index is 0.212. The molecule has 4 heteroatoms. The van der Waals surface area contributed by atoms with Gasteiger partial charge in [-0.3, -0.25) is 9.78 Å². The number of benzene rings is 2. The maximum Gasteiger partial charge on any atom is 0.235 e. The second-order valence-electron chi connectivity index (χ2n) is 5.91. The highest BCUT2D eigenvalue weighted by molar-refractivity contribution is 6.09.